The van der Waals surface area contributed by atoms with Crippen LogP contribution in [0.2, 0.25) is 0 Å². The van der Waals surface area contributed by atoms with E-state index in [1.54, 1.807) is 19.2 Å². The van der Waals surface area contributed by atoms with Gasteiger partial charge in [-0.15, -0.1) is 0 Å². The Morgan fingerprint density at radius 2 is 2.32 bits per heavy atom. The number of nitrogens with two attached hydrogens (primary N) is 1. The maximum atomic E-state index is 11.8. The van der Waals surface area contributed by atoms with E-state index in [0.717, 1.165) is 25.1 Å². The molecule has 0 aliphatic heterocycles. The Balaban J connectivity index is 2.63. The molecule has 0 amide bonds. The summed E-state index contributed by atoms with van der Waals surface area (Å²) in [5.41, 5.74) is 6.73. The molecule has 3 N–H and O–H groups in total. The monoisotopic (exact) mass is 283 g/mol. The van der Waals surface area contributed by atoms with E-state index in [4.69, 9.17) is 10.5 Å². The summed E-state index contributed by atoms with van der Waals surface area (Å²) >= 11 is 1.83. The predicted molar refractivity (Wildman–Crippen MR) is 80.7 cm³/mol. The first-order valence-corrected chi connectivity index (χ1v) is 7.73. The van der Waals surface area contributed by atoms with E-state index >= 15 is 0 Å². The lowest BCUT2D eigenvalue weighted by atomic mass is 10.2. The van der Waals surface area contributed by atoms with Gasteiger partial charge in [0.15, 0.2) is 0 Å². The van der Waals surface area contributed by atoms with Gasteiger partial charge in [-0.2, -0.15) is 11.8 Å². The summed E-state index contributed by atoms with van der Waals surface area (Å²) in [6.07, 6.45) is 5.87. The number of hydrogen-bond acceptors (Lipinski definition) is 6. The van der Waals surface area contributed by atoms with Crippen molar-refractivity contribution in [3.63, 3.8) is 0 Å². The largest absolute Gasteiger partial charge is 0.462 e. The van der Waals surface area contributed by atoms with Crippen LogP contribution in [0.1, 0.15) is 30.1 Å². The molecule has 1 heterocycles. The molecule has 0 saturated carbocycles. The van der Waals surface area contributed by atoms with Crippen LogP contribution in [0, 0.1) is 0 Å². The third-order valence-electron chi connectivity index (χ3n) is 2.51. The van der Waals surface area contributed by atoms with E-state index in [0.29, 0.717) is 23.7 Å². The Morgan fingerprint density at radius 3 is 3.00 bits per heavy atom. The number of rotatable bonds is 8. The fraction of sp³-hybridized carbons (Fsp3) is 0.538. The van der Waals surface area contributed by atoms with Gasteiger partial charge in [-0.25, -0.2) is 9.78 Å². The van der Waals surface area contributed by atoms with Crippen molar-refractivity contribution in [2.24, 2.45) is 0 Å². The normalized spacial score (nSPS) is 10.2. The van der Waals surface area contributed by atoms with Gasteiger partial charge in [0.25, 0.3) is 0 Å². The van der Waals surface area contributed by atoms with Gasteiger partial charge in [0, 0.05) is 6.54 Å². The summed E-state index contributed by atoms with van der Waals surface area (Å²) in [6, 6.07) is 1.54. The first-order valence-electron chi connectivity index (χ1n) is 6.34. The molecule has 19 heavy (non-hydrogen) atoms. The zero-order valence-electron chi connectivity index (χ0n) is 11.4. The minimum absolute atomic E-state index is 0.316. The fourth-order valence-electron chi connectivity index (χ4n) is 1.58. The summed E-state index contributed by atoms with van der Waals surface area (Å²) in [7, 11) is 0. The maximum absolute atomic E-state index is 11.8. The van der Waals surface area contributed by atoms with E-state index in [1.807, 2.05) is 11.8 Å². The van der Waals surface area contributed by atoms with Crippen LogP contribution in [0.15, 0.2) is 12.3 Å². The lowest BCUT2D eigenvalue weighted by Gasteiger charge is -2.11. The van der Waals surface area contributed by atoms with Crippen LogP contribution in [-0.2, 0) is 4.74 Å². The van der Waals surface area contributed by atoms with Crippen molar-refractivity contribution in [3.8, 4) is 0 Å². The Morgan fingerprint density at radius 1 is 1.53 bits per heavy atom. The number of unbranched alkanes of at least 4 members (excludes halogenated alkanes) is 1. The lowest BCUT2D eigenvalue weighted by Crippen LogP contribution is -2.12. The molecule has 0 unspecified atom stereocenters. The second-order valence-corrected chi connectivity index (χ2v) is 4.99. The van der Waals surface area contributed by atoms with Crippen molar-refractivity contribution >= 4 is 29.2 Å². The first kappa shape index (κ1) is 15.6. The number of nitrogens with one attached hydrogen (secondary N) is 1. The molecule has 1 aromatic rings. The summed E-state index contributed by atoms with van der Waals surface area (Å²) < 4.78 is 5.00. The molecule has 0 aliphatic carbocycles. The number of nitrogens with zero attached hydrogens (tertiary/aromatic N) is 1. The molecular weight excluding hydrogens is 262 g/mol. The van der Waals surface area contributed by atoms with Crippen LogP contribution in [0.4, 0.5) is 11.5 Å². The summed E-state index contributed by atoms with van der Waals surface area (Å²) in [6.45, 7) is 2.92. The van der Waals surface area contributed by atoms with Crippen molar-refractivity contribution in [2.75, 3.05) is 36.2 Å². The smallest absolute Gasteiger partial charge is 0.340 e. The van der Waals surface area contributed by atoms with E-state index < -0.39 is 0 Å². The Labute approximate surface area is 118 Å². The summed E-state index contributed by atoms with van der Waals surface area (Å²) in [5, 5.41) is 3.21. The molecular formula is C13H21N3O2S. The van der Waals surface area contributed by atoms with E-state index in [2.05, 4.69) is 16.6 Å². The van der Waals surface area contributed by atoms with Crippen LogP contribution in [0.3, 0.4) is 0 Å². The van der Waals surface area contributed by atoms with Gasteiger partial charge in [-0.05, 0) is 37.8 Å². The van der Waals surface area contributed by atoms with Crippen LogP contribution >= 0.6 is 11.8 Å². The quantitative estimate of drug-likeness (QED) is 0.563. The first-order chi connectivity index (χ1) is 9.19. The van der Waals surface area contributed by atoms with Crippen LogP contribution in [0.25, 0.3) is 0 Å². The number of hydrogen-bond donors (Lipinski definition) is 2. The molecule has 0 spiro atoms. The third kappa shape index (κ3) is 5.38. The summed E-state index contributed by atoms with van der Waals surface area (Å²) in [5.74, 6) is 1.09. The molecule has 1 rings (SSSR count). The van der Waals surface area contributed by atoms with Crippen molar-refractivity contribution in [3.05, 3.63) is 17.8 Å². The van der Waals surface area contributed by atoms with Gasteiger partial charge in [0.1, 0.15) is 5.82 Å². The second-order valence-electron chi connectivity index (χ2n) is 4.00. The predicted octanol–water partition coefficient (Wildman–Crippen LogP) is 2.40. The molecule has 0 fully saturated rings. The molecule has 0 aromatic carbocycles. The van der Waals surface area contributed by atoms with Crippen LogP contribution in [0.5, 0.6) is 0 Å². The molecule has 106 valence electrons. The molecule has 1 aromatic heterocycles. The zero-order chi connectivity index (χ0) is 14.1. The number of carbonyl (C=O) groups excluding carboxylic acids is 1. The van der Waals surface area contributed by atoms with Gasteiger partial charge >= 0.3 is 5.97 Å². The Kier molecular flexibility index (Phi) is 7.10. The molecule has 5 nitrogen and oxygen atoms in total. The number of ether oxygens (including phenoxy) is 1. The van der Waals surface area contributed by atoms with Gasteiger partial charge in [0.2, 0.25) is 0 Å². The molecule has 0 aliphatic rings. The maximum Gasteiger partial charge on any atom is 0.340 e. The van der Waals surface area contributed by atoms with E-state index in [-0.39, 0.29) is 5.97 Å². The molecule has 0 atom stereocenters. The van der Waals surface area contributed by atoms with Gasteiger partial charge < -0.3 is 15.8 Å². The summed E-state index contributed by atoms with van der Waals surface area (Å²) in [4.78, 5) is 15.8. The average Bonchev–Trinajstić information content (AvgIpc) is 2.40. The lowest BCUT2D eigenvalue weighted by molar-refractivity contribution is 0.0527. The minimum Gasteiger partial charge on any atom is -0.462 e. The second kappa shape index (κ2) is 8.63. The highest BCUT2D eigenvalue weighted by atomic mass is 32.2. The van der Waals surface area contributed by atoms with Crippen LogP contribution in [-0.4, -0.2) is 36.1 Å². The molecule has 0 bridgehead atoms. The van der Waals surface area contributed by atoms with Crippen molar-refractivity contribution in [1.82, 2.24) is 4.98 Å². The SMILES string of the molecule is CCOC(=O)c1cc(N)ncc1NCCCCSC. The Hall–Kier alpha value is -1.43. The zero-order valence-corrected chi connectivity index (χ0v) is 12.3. The van der Waals surface area contributed by atoms with E-state index in [9.17, 15) is 4.79 Å². The molecule has 0 saturated heterocycles. The number of carbonyl (C=O) groups is 1. The van der Waals surface area contributed by atoms with Crippen molar-refractivity contribution < 1.29 is 9.53 Å². The topological polar surface area (TPSA) is 77.2 Å². The molecule has 6 heteroatoms. The third-order valence-corrected chi connectivity index (χ3v) is 3.21. The highest BCUT2D eigenvalue weighted by molar-refractivity contribution is 7.98. The number of anilines is 2. The van der Waals surface area contributed by atoms with Gasteiger partial charge in [-0.1, -0.05) is 0 Å². The number of nitrogen functional groups attached to an aromatic ring is 1. The van der Waals surface area contributed by atoms with Crippen molar-refractivity contribution in [1.29, 1.82) is 0 Å². The van der Waals surface area contributed by atoms with Crippen LogP contribution < -0.4 is 11.1 Å². The number of esters is 1. The highest BCUT2D eigenvalue weighted by Crippen LogP contribution is 2.18. The average molecular weight is 283 g/mol. The number of pyridine rings is 1. The number of aromatic nitrogens is 1. The number of thioether (sulfide) groups is 1. The molecule has 0 radical (unpaired) electrons. The van der Waals surface area contributed by atoms with Gasteiger partial charge in [-0.3, -0.25) is 0 Å². The minimum atomic E-state index is -0.372. The Bertz CT molecular complexity index is 413. The standard InChI is InChI=1S/C13H21N3O2S/c1-3-18-13(17)10-8-12(14)16-9-11(10)15-6-4-5-7-19-2/h8-9,15H,3-7H2,1-2H3,(H2,14,16). The fourth-order valence-corrected chi connectivity index (χ4v) is 2.08. The van der Waals surface area contributed by atoms with Gasteiger partial charge in [0.05, 0.1) is 24.1 Å². The highest BCUT2D eigenvalue weighted by Gasteiger charge is 2.13. The van der Waals surface area contributed by atoms with Crippen molar-refractivity contribution in [2.45, 2.75) is 19.8 Å². The van der Waals surface area contributed by atoms with E-state index in [1.165, 1.54) is 0 Å².